The van der Waals surface area contributed by atoms with E-state index in [0.29, 0.717) is 17.8 Å². The monoisotopic (exact) mass is 206 g/mol. The molecule has 15 heavy (non-hydrogen) atoms. The van der Waals surface area contributed by atoms with E-state index in [2.05, 4.69) is 32.6 Å². The highest BCUT2D eigenvalue weighted by atomic mass is 16.6. The number of hydrogen-bond acceptors (Lipinski definition) is 2. The average molecular weight is 206 g/mol. The Morgan fingerprint density at radius 3 is 2.73 bits per heavy atom. The van der Waals surface area contributed by atoms with Crippen molar-refractivity contribution in [2.24, 2.45) is 17.8 Å². The summed E-state index contributed by atoms with van der Waals surface area (Å²) >= 11 is 0. The molecule has 82 valence electrons. The van der Waals surface area contributed by atoms with Crippen LogP contribution in [0.4, 0.5) is 0 Å². The first kappa shape index (κ1) is 10.5. The number of allylic oxidation sites excluding steroid dienone is 1. The Kier molecular flexibility index (Phi) is 2.45. The van der Waals surface area contributed by atoms with Gasteiger partial charge in [0.2, 0.25) is 0 Å². The average Bonchev–Trinajstić information content (AvgIpc) is 2.77. The van der Waals surface area contributed by atoms with Gasteiger partial charge in [0.25, 0.3) is 0 Å². The normalized spacial score (nSPS) is 37.3. The third-order valence-electron chi connectivity index (χ3n) is 3.82. The molecule has 0 spiro atoms. The maximum Gasteiger partial charge on any atom is 0.330 e. The molecule has 2 aliphatic rings. The van der Waals surface area contributed by atoms with Crippen molar-refractivity contribution in [3.05, 3.63) is 24.8 Å². The standard InChI is InChI=1S/C13H18O2/c1-4-12(14)15-13(9(2)3)8-10-5-6-11(13)7-10/h4-6,9-11H,1,7-8H2,2-3H3. The summed E-state index contributed by atoms with van der Waals surface area (Å²) in [6.45, 7) is 7.72. The first-order valence-corrected chi connectivity index (χ1v) is 5.62. The van der Waals surface area contributed by atoms with Crippen LogP contribution in [-0.4, -0.2) is 11.6 Å². The predicted octanol–water partition coefficient (Wildman–Crippen LogP) is 2.71. The molecule has 3 atom stereocenters. The quantitative estimate of drug-likeness (QED) is 0.403. The van der Waals surface area contributed by atoms with E-state index in [9.17, 15) is 4.79 Å². The highest BCUT2D eigenvalue weighted by Crippen LogP contribution is 2.52. The molecule has 0 aliphatic heterocycles. The van der Waals surface area contributed by atoms with Gasteiger partial charge in [0.05, 0.1) is 0 Å². The van der Waals surface area contributed by atoms with Crippen LogP contribution >= 0.6 is 0 Å². The lowest BCUT2D eigenvalue weighted by molar-refractivity contribution is -0.162. The summed E-state index contributed by atoms with van der Waals surface area (Å²) in [6, 6.07) is 0. The lowest BCUT2D eigenvalue weighted by Gasteiger charge is -2.38. The van der Waals surface area contributed by atoms with Crippen LogP contribution in [0.25, 0.3) is 0 Å². The third-order valence-corrected chi connectivity index (χ3v) is 3.82. The molecule has 0 aromatic rings. The van der Waals surface area contributed by atoms with Crippen molar-refractivity contribution < 1.29 is 9.53 Å². The van der Waals surface area contributed by atoms with Crippen LogP contribution in [0, 0.1) is 17.8 Å². The zero-order chi connectivity index (χ0) is 11.1. The van der Waals surface area contributed by atoms with Crippen molar-refractivity contribution in [3.8, 4) is 0 Å². The number of carbonyl (C=O) groups is 1. The molecule has 0 N–H and O–H groups in total. The molecule has 0 saturated heterocycles. The maximum atomic E-state index is 11.4. The number of ether oxygens (including phenoxy) is 1. The summed E-state index contributed by atoms with van der Waals surface area (Å²) in [5.41, 5.74) is -0.273. The van der Waals surface area contributed by atoms with E-state index in [-0.39, 0.29) is 11.6 Å². The molecule has 1 saturated carbocycles. The Morgan fingerprint density at radius 1 is 1.60 bits per heavy atom. The van der Waals surface area contributed by atoms with Crippen molar-refractivity contribution >= 4 is 5.97 Å². The number of esters is 1. The first-order chi connectivity index (χ1) is 7.08. The van der Waals surface area contributed by atoms with E-state index in [1.807, 2.05) is 0 Å². The van der Waals surface area contributed by atoms with Crippen molar-refractivity contribution in [2.45, 2.75) is 32.3 Å². The molecular formula is C13H18O2. The van der Waals surface area contributed by atoms with Crippen molar-refractivity contribution in [3.63, 3.8) is 0 Å². The maximum absolute atomic E-state index is 11.4. The minimum Gasteiger partial charge on any atom is -0.455 e. The van der Waals surface area contributed by atoms with Crippen molar-refractivity contribution in [2.75, 3.05) is 0 Å². The van der Waals surface area contributed by atoms with Crippen LogP contribution < -0.4 is 0 Å². The molecule has 2 heteroatoms. The molecule has 2 aliphatic carbocycles. The summed E-state index contributed by atoms with van der Waals surface area (Å²) in [6.07, 6.45) is 7.85. The van der Waals surface area contributed by atoms with Crippen molar-refractivity contribution in [1.82, 2.24) is 0 Å². The van der Waals surface area contributed by atoms with Gasteiger partial charge in [-0.05, 0) is 24.7 Å². The SMILES string of the molecule is C=CC(=O)OC1(C(C)C)CC2C=CC1C2. The lowest BCUT2D eigenvalue weighted by Crippen LogP contribution is -2.43. The second-order valence-electron chi connectivity index (χ2n) is 4.93. The zero-order valence-electron chi connectivity index (χ0n) is 9.40. The highest BCUT2D eigenvalue weighted by molar-refractivity contribution is 5.81. The van der Waals surface area contributed by atoms with Gasteiger partial charge in [-0.1, -0.05) is 32.6 Å². The van der Waals surface area contributed by atoms with Gasteiger partial charge in [0, 0.05) is 12.0 Å². The molecule has 0 radical (unpaired) electrons. The fourth-order valence-corrected chi connectivity index (χ4v) is 2.98. The number of fused-ring (bicyclic) bond motifs is 2. The van der Waals surface area contributed by atoms with Gasteiger partial charge in [-0.25, -0.2) is 4.79 Å². The molecule has 3 unspecified atom stereocenters. The summed E-state index contributed by atoms with van der Waals surface area (Å²) in [4.78, 5) is 11.4. The van der Waals surface area contributed by atoms with Crippen molar-refractivity contribution in [1.29, 1.82) is 0 Å². The minimum absolute atomic E-state index is 0.273. The fourth-order valence-electron chi connectivity index (χ4n) is 2.98. The zero-order valence-corrected chi connectivity index (χ0v) is 9.40. The smallest absolute Gasteiger partial charge is 0.330 e. The van der Waals surface area contributed by atoms with E-state index < -0.39 is 0 Å². The molecule has 2 bridgehead atoms. The Balaban J connectivity index is 2.23. The molecule has 0 amide bonds. The molecular weight excluding hydrogens is 188 g/mol. The van der Waals surface area contributed by atoms with Crippen LogP contribution in [-0.2, 0) is 9.53 Å². The number of rotatable bonds is 3. The Labute approximate surface area is 91.0 Å². The third kappa shape index (κ3) is 1.52. The summed E-state index contributed by atoms with van der Waals surface area (Å²) < 4.78 is 5.64. The number of hydrogen-bond donors (Lipinski definition) is 0. The Morgan fingerprint density at radius 2 is 2.33 bits per heavy atom. The van der Waals surface area contributed by atoms with Crippen LogP contribution in [0.1, 0.15) is 26.7 Å². The summed E-state index contributed by atoms with van der Waals surface area (Å²) in [5, 5.41) is 0. The van der Waals surface area contributed by atoms with Crippen LogP contribution in [0.2, 0.25) is 0 Å². The molecule has 0 heterocycles. The molecule has 1 fully saturated rings. The topological polar surface area (TPSA) is 26.3 Å². The Bertz CT molecular complexity index is 316. The highest BCUT2D eigenvalue weighted by Gasteiger charge is 2.52. The summed E-state index contributed by atoms with van der Waals surface area (Å²) in [5.74, 6) is 1.09. The second-order valence-corrected chi connectivity index (χ2v) is 4.93. The van der Waals surface area contributed by atoms with Crippen LogP contribution in [0.5, 0.6) is 0 Å². The predicted molar refractivity (Wildman–Crippen MR) is 59.2 cm³/mol. The van der Waals surface area contributed by atoms with Gasteiger partial charge in [0.1, 0.15) is 5.60 Å². The van der Waals surface area contributed by atoms with Gasteiger partial charge in [-0.15, -0.1) is 0 Å². The molecule has 0 aromatic heterocycles. The van der Waals surface area contributed by atoms with Gasteiger partial charge in [-0.3, -0.25) is 0 Å². The van der Waals surface area contributed by atoms with E-state index in [1.54, 1.807) is 0 Å². The van der Waals surface area contributed by atoms with Gasteiger partial charge in [-0.2, -0.15) is 0 Å². The van der Waals surface area contributed by atoms with Crippen LogP contribution in [0.3, 0.4) is 0 Å². The fraction of sp³-hybridized carbons (Fsp3) is 0.615. The van der Waals surface area contributed by atoms with Gasteiger partial charge < -0.3 is 4.74 Å². The van der Waals surface area contributed by atoms with E-state index >= 15 is 0 Å². The Hall–Kier alpha value is -1.05. The molecule has 2 nitrogen and oxygen atoms in total. The van der Waals surface area contributed by atoms with E-state index in [4.69, 9.17) is 4.74 Å². The second kappa shape index (κ2) is 3.51. The first-order valence-electron chi connectivity index (χ1n) is 5.62. The van der Waals surface area contributed by atoms with Gasteiger partial charge >= 0.3 is 5.97 Å². The minimum atomic E-state index is -0.287. The summed E-state index contributed by atoms with van der Waals surface area (Å²) in [7, 11) is 0. The van der Waals surface area contributed by atoms with E-state index in [1.165, 1.54) is 6.08 Å². The number of carbonyl (C=O) groups excluding carboxylic acids is 1. The lowest BCUT2D eigenvalue weighted by atomic mass is 9.79. The van der Waals surface area contributed by atoms with Gasteiger partial charge in [0.15, 0.2) is 0 Å². The van der Waals surface area contributed by atoms with Crippen LogP contribution in [0.15, 0.2) is 24.8 Å². The molecule has 0 aromatic carbocycles. The van der Waals surface area contributed by atoms with E-state index in [0.717, 1.165) is 12.8 Å². The largest absolute Gasteiger partial charge is 0.455 e. The molecule has 2 rings (SSSR count).